The summed E-state index contributed by atoms with van der Waals surface area (Å²) in [5.74, 6) is -0.208. The van der Waals surface area contributed by atoms with Gasteiger partial charge < -0.3 is 15.4 Å². The molecular formula is C18H26ClN3O4S. The topological polar surface area (TPSA) is 96.5 Å². The van der Waals surface area contributed by atoms with Crippen LogP contribution in [0.1, 0.15) is 29.6 Å². The van der Waals surface area contributed by atoms with Gasteiger partial charge in [0.1, 0.15) is 0 Å². The Hall–Kier alpha value is -1.45. The number of halogens is 1. The Morgan fingerprint density at radius 2 is 2.04 bits per heavy atom. The van der Waals surface area contributed by atoms with Gasteiger partial charge in [-0.2, -0.15) is 0 Å². The molecule has 1 unspecified atom stereocenters. The largest absolute Gasteiger partial charge is 0.377 e. The third kappa shape index (κ3) is 6.29. The van der Waals surface area contributed by atoms with E-state index in [4.69, 9.17) is 4.74 Å². The van der Waals surface area contributed by atoms with Gasteiger partial charge in [0.15, 0.2) is 0 Å². The summed E-state index contributed by atoms with van der Waals surface area (Å²) in [4.78, 5) is 12.4. The van der Waals surface area contributed by atoms with E-state index in [2.05, 4.69) is 21.4 Å². The highest BCUT2D eigenvalue weighted by Crippen LogP contribution is 2.14. The second kappa shape index (κ2) is 10.2. The van der Waals surface area contributed by atoms with Gasteiger partial charge in [-0.05, 0) is 50.1 Å². The number of sulfonamides is 1. The van der Waals surface area contributed by atoms with Crippen molar-refractivity contribution in [3.63, 3.8) is 0 Å². The van der Waals surface area contributed by atoms with Crippen LogP contribution < -0.4 is 15.4 Å². The first-order valence-corrected chi connectivity index (χ1v) is 10.4. The molecule has 1 fully saturated rings. The van der Waals surface area contributed by atoms with Gasteiger partial charge in [-0.1, -0.05) is 11.6 Å². The van der Waals surface area contributed by atoms with E-state index in [0.717, 1.165) is 32.4 Å². The number of rotatable bonds is 7. The van der Waals surface area contributed by atoms with Crippen molar-refractivity contribution in [2.45, 2.75) is 30.3 Å². The highest BCUT2D eigenvalue weighted by molar-refractivity contribution is 7.89. The molecule has 7 nitrogen and oxygen atoms in total. The number of hydrogen-bond acceptors (Lipinski definition) is 5. The van der Waals surface area contributed by atoms with Crippen LogP contribution in [0.15, 0.2) is 40.8 Å². The Balaban J connectivity index is 0.00000261. The maximum absolute atomic E-state index is 12.3. The molecule has 27 heavy (non-hydrogen) atoms. The van der Waals surface area contributed by atoms with Crippen LogP contribution in [0.25, 0.3) is 0 Å². The first-order valence-electron chi connectivity index (χ1n) is 8.93. The standard InChI is InChI=1S/C18H25N3O4S.ClH/c22-18(20-12-14-7-9-19-10-8-14)15-3-5-17(6-4-15)26(23,24)21-13-16-2-1-11-25-16;/h3-7,16,19,21H,1-2,8-13H2,(H,20,22);1H. The second-order valence-electron chi connectivity index (χ2n) is 6.51. The first-order chi connectivity index (χ1) is 12.5. The van der Waals surface area contributed by atoms with Crippen molar-refractivity contribution in [3.8, 4) is 0 Å². The highest BCUT2D eigenvalue weighted by atomic mass is 35.5. The van der Waals surface area contributed by atoms with E-state index >= 15 is 0 Å². The van der Waals surface area contributed by atoms with Crippen LogP contribution in [-0.2, 0) is 14.8 Å². The van der Waals surface area contributed by atoms with Gasteiger partial charge in [-0.15, -0.1) is 12.4 Å². The summed E-state index contributed by atoms with van der Waals surface area (Å²) in [6.45, 7) is 3.23. The zero-order valence-corrected chi connectivity index (χ0v) is 16.7. The minimum Gasteiger partial charge on any atom is -0.377 e. The van der Waals surface area contributed by atoms with E-state index in [1.54, 1.807) is 0 Å². The lowest BCUT2D eigenvalue weighted by Gasteiger charge is -2.14. The van der Waals surface area contributed by atoms with Gasteiger partial charge in [0.25, 0.3) is 5.91 Å². The zero-order valence-electron chi connectivity index (χ0n) is 15.1. The molecule has 9 heteroatoms. The van der Waals surface area contributed by atoms with E-state index in [-0.39, 0.29) is 35.9 Å². The van der Waals surface area contributed by atoms with E-state index in [1.807, 2.05) is 0 Å². The molecule has 2 heterocycles. The van der Waals surface area contributed by atoms with Crippen LogP contribution in [0.2, 0.25) is 0 Å². The van der Waals surface area contributed by atoms with Gasteiger partial charge >= 0.3 is 0 Å². The van der Waals surface area contributed by atoms with Crippen LogP contribution in [0.4, 0.5) is 0 Å². The van der Waals surface area contributed by atoms with Gasteiger partial charge in [-0.3, -0.25) is 4.79 Å². The average Bonchev–Trinajstić information content (AvgIpc) is 3.19. The van der Waals surface area contributed by atoms with Crippen LogP contribution in [0, 0.1) is 0 Å². The van der Waals surface area contributed by atoms with Crippen LogP contribution in [0.3, 0.4) is 0 Å². The molecule has 1 atom stereocenters. The van der Waals surface area contributed by atoms with E-state index in [1.165, 1.54) is 29.8 Å². The van der Waals surface area contributed by atoms with Crippen LogP contribution >= 0.6 is 12.4 Å². The molecule has 0 aliphatic carbocycles. The van der Waals surface area contributed by atoms with Crippen molar-refractivity contribution in [1.82, 2.24) is 15.4 Å². The SMILES string of the molecule is Cl.O=C(NCC1=CCNCC1)c1ccc(S(=O)(=O)NCC2CCCO2)cc1. The lowest BCUT2D eigenvalue weighted by molar-refractivity contribution is 0.0956. The van der Waals surface area contributed by atoms with E-state index in [9.17, 15) is 13.2 Å². The van der Waals surface area contributed by atoms with Crippen molar-refractivity contribution in [3.05, 3.63) is 41.5 Å². The molecule has 3 N–H and O–H groups in total. The summed E-state index contributed by atoms with van der Waals surface area (Å²) in [5, 5.41) is 6.10. The number of nitrogens with one attached hydrogen (secondary N) is 3. The number of hydrogen-bond donors (Lipinski definition) is 3. The lowest BCUT2D eigenvalue weighted by atomic mass is 10.1. The Bertz CT molecular complexity index is 759. The zero-order chi connectivity index (χ0) is 18.4. The Morgan fingerprint density at radius 1 is 1.26 bits per heavy atom. The number of carbonyl (C=O) groups is 1. The highest BCUT2D eigenvalue weighted by Gasteiger charge is 2.20. The summed E-state index contributed by atoms with van der Waals surface area (Å²) in [6, 6.07) is 5.98. The third-order valence-corrected chi connectivity index (χ3v) is 6.03. The Morgan fingerprint density at radius 3 is 2.67 bits per heavy atom. The number of ether oxygens (including phenoxy) is 1. The van der Waals surface area contributed by atoms with E-state index in [0.29, 0.717) is 18.7 Å². The fraction of sp³-hybridized carbons (Fsp3) is 0.500. The van der Waals surface area contributed by atoms with Gasteiger partial charge in [0, 0.05) is 31.8 Å². The molecule has 2 aliphatic heterocycles. The third-order valence-electron chi connectivity index (χ3n) is 4.59. The van der Waals surface area contributed by atoms with Crippen molar-refractivity contribution in [2.24, 2.45) is 0 Å². The summed E-state index contributed by atoms with van der Waals surface area (Å²) in [7, 11) is -3.60. The summed E-state index contributed by atoms with van der Waals surface area (Å²) >= 11 is 0. The maximum atomic E-state index is 12.3. The molecule has 0 radical (unpaired) electrons. The monoisotopic (exact) mass is 415 g/mol. The number of benzene rings is 1. The lowest BCUT2D eigenvalue weighted by Crippen LogP contribution is -2.32. The molecule has 1 amide bonds. The van der Waals surface area contributed by atoms with Crippen molar-refractivity contribution in [2.75, 3.05) is 32.8 Å². The fourth-order valence-electron chi connectivity index (χ4n) is 3.00. The van der Waals surface area contributed by atoms with Crippen LogP contribution in [0.5, 0.6) is 0 Å². The molecule has 2 aliphatic rings. The van der Waals surface area contributed by atoms with E-state index < -0.39 is 10.0 Å². The molecule has 1 aromatic carbocycles. The second-order valence-corrected chi connectivity index (χ2v) is 8.28. The Labute approximate surface area is 166 Å². The Kier molecular flexibility index (Phi) is 8.25. The number of carbonyl (C=O) groups excluding carboxylic acids is 1. The predicted molar refractivity (Wildman–Crippen MR) is 106 cm³/mol. The van der Waals surface area contributed by atoms with Gasteiger partial charge in [0.2, 0.25) is 10.0 Å². The molecule has 150 valence electrons. The normalized spacial score (nSPS) is 19.9. The van der Waals surface area contributed by atoms with Crippen molar-refractivity contribution < 1.29 is 17.9 Å². The summed E-state index contributed by atoms with van der Waals surface area (Å²) in [5.41, 5.74) is 1.65. The molecule has 1 saturated heterocycles. The van der Waals surface area contributed by atoms with Gasteiger partial charge in [0.05, 0.1) is 11.0 Å². The van der Waals surface area contributed by atoms with Crippen molar-refractivity contribution in [1.29, 1.82) is 0 Å². The smallest absolute Gasteiger partial charge is 0.251 e. The molecule has 0 aromatic heterocycles. The van der Waals surface area contributed by atoms with Crippen molar-refractivity contribution >= 4 is 28.3 Å². The molecule has 3 rings (SSSR count). The summed E-state index contributed by atoms with van der Waals surface area (Å²) in [6.07, 6.45) is 4.78. The molecule has 0 saturated carbocycles. The molecular weight excluding hydrogens is 390 g/mol. The summed E-state index contributed by atoms with van der Waals surface area (Å²) < 4.78 is 32.6. The average molecular weight is 416 g/mol. The quantitative estimate of drug-likeness (QED) is 0.582. The minimum atomic E-state index is -3.60. The minimum absolute atomic E-state index is 0. The fourth-order valence-corrected chi connectivity index (χ4v) is 4.07. The van der Waals surface area contributed by atoms with Crippen LogP contribution in [-0.4, -0.2) is 53.2 Å². The molecule has 0 bridgehead atoms. The van der Waals surface area contributed by atoms with Gasteiger partial charge in [-0.25, -0.2) is 13.1 Å². The molecule has 1 aromatic rings. The maximum Gasteiger partial charge on any atom is 0.251 e. The first kappa shape index (κ1) is 21.8. The number of amides is 1. The molecule has 0 spiro atoms. The predicted octanol–water partition coefficient (Wildman–Crippen LogP) is 1.22.